The maximum Gasteiger partial charge on any atom is 0.330 e. The van der Waals surface area contributed by atoms with E-state index in [1.165, 1.54) is 10.8 Å². The molecule has 0 saturated carbocycles. The summed E-state index contributed by atoms with van der Waals surface area (Å²) in [5, 5.41) is 14.0. The van der Waals surface area contributed by atoms with Crippen LogP contribution in [0.1, 0.15) is 28.5 Å². The molecule has 3 aromatic carbocycles. The highest BCUT2D eigenvalue weighted by atomic mass is 16.6. The van der Waals surface area contributed by atoms with Gasteiger partial charge in [0.15, 0.2) is 6.23 Å². The molecule has 10 nitrogen and oxygen atoms in total. The molecule has 0 bridgehead atoms. The minimum absolute atomic E-state index is 0.0446. The fraction of sp³-hybridized carbons (Fsp3) is 0.312. The monoisotopic (exact) mass is 573 g/mol. The Bertz CT molecular complexity index is 1550. The average molecular weight is 574 g/mol. The van der Waals surface area contributed by atoms with Gasteiger partial charge in [-0.15, -0.1) is 0 Å². The van der Waals surface area contributed by atoms with Crippen molar-refractivity contribution in [2.75, 3.05) is 40.5 Å². The standard InChI is InChI=1S/C32H35N3O7/c1-22-18-35(30(38)34-29(22)37)28-17-33-19-31(20-36,42-28)21-41-32(23-7-5-4-6-8-23,24-9-13-26(39-2)14-10-24)25-11-15-27(40-3)16-12-25/h4-16,18,28,33,36H,17,19-21H2,1-3H3,(H,34,37,38)/t28-,31-/m1/s1. The Labute approximate surface area is 243 Å². The van der Waals surface area contributed by atoms with Gasteiger partial charge in [-0.05, 0) is 47.9 Å². The highest BCUT2D eigenvalue weighted by Crippen LogP contribution is 2.42. The van der Waals surface area contributed by atoms with Crippen LogP contribution in [0, 0.1) is 6.92 Å². The van der Waals surface area contributed by atoms with Crippen molar-refractivity contribution in [3.05, 3.63) is 128 Å². The third-order valence-electron chi connectivity index (χ3n) is 7.62. The highest BCUT2D eigenvalue weighted by molar-refractivity contribution is 5.49. The average Bonchev–Trinajstić information content (AvgIpc) is 3.04. The number of nitrogens with zero attached hydrogens (tertiary/aromatic N) is 1. The first kappa shape index (κ1) is 29.3. The van der Waals surface area contributed by atoms with Gasteiger partial charge in [-0.3, -0.25) is 14.3 Å². The summed E-state index contributed by atoms with van der Waals surface area (Å²) in [6.45, 7) is 1.76. The zero-order valence-corrected chi connectivity index (χ0v) is 23.8. The first-order chi connectivity index (χ1) is 20.3. The molecule has 0 unspecified atom stereocenters. The number of hydrogen-bond donors (Lipinski definition) is 3. The highest BCUT2D eigenvalue weighted by Gasteiger charge is 2.44. The van der Waals surface area contributed by atoms with Crippen molar-refractivity contribution in [3.8, 4) is 11.5 Å². The smallest absolute Gasteiger partial charge is 0.330 e. The second kappa shape index (κ2) is 12.3. The number of methoxy groups -OCH3 is 2. The molecule has 4 aromatic rings. The number of aromatic amines is 1. The molecule has 1 fully saturated rings. The van der Waals surface area contributed by atoms with Gasteiger partial charge in [0.05, 0.1) is 27.4 Å². The maximum atomic E-state index is 12.7. The van der Waals surface area contributed by atoms with Crippen molar-refractivity contribution in [3.63, 3.8) is 0 Å². The summed E-state index contributed by atoms with van der Waals surface area (Å²) >= 11 is 0. The van der Waals surface area contributed by atoms with Gasteiger partial charge in [0, 0.05) is 24.8 Å². The molecule has 42 heavy (non-hydrogen) atoms. The van der Waals surface area contributed by atoms with Crippen LogP contribution in [0.3, 0.4) is 0 Å². The molecule has 3 N–H and O–H groups in total. The molecule has 0 spiro atoms. The summed E-state index contributed by atoms with van der Waals surface area (Å²) in [5.41, 5.74) is -0.487. The molecular formula is C32H35N3O7. The molecule has 0 amide bonds. The number of aliphatic hydroxyl groups is 1. The van der Waals surface area contributed by atoms with E-state index in [0.717, 1.165) is 16.7 Å². The Morgan fingerprint density at radius 2 is 1.50 bits per heavy atom. The molecule has 1 saturated heterocycles. The lowest BCUT2D eigenvalue weighted by Gasteiger charge is -2.44. The predicted octanol–water partition coefficient (Wildman–Crippen LogP) is 2.72. The third-order valence-corrected chi connectivity index (χ3v) is 7.62. The van der Waals surface area contributed by atoms with Crippen LogP contribution in [0.2, 0.25) is 0 Å². The Hall–Kier alpha value is -4.22. The van der Waals surface area contributed by atoms with E-state index >= 15 is 0 Å². The molecule has 2 heterocycles. The quantitative estimate of drug-likeness (QED) is 0.248. The van der Waals surface area contributed by atoms with E-state index in [0.29, 0.717) is 23.6 Å². The summed E-state index contributed by atoms with van der Waals surface area (Å²) in [6.07, 6.45) is 0.677. The number of aryl methyl sites for hydroxylation is 1. The van der Waals surface area contributed by atoms with Gasteiger partial charge in [0.1, 0.15) is 22.7 Å². The number of morpholine rings is 1. The number of aliphatic hydroxyl groups excluding tert-OH is 1. The molecule has 5 rings (SSSR count). The van der Waals surface area contributed by atoms with Crippen molar-refractivity contribution in [1.82, 2.24) is 14.9 Å². The molecule has 10 heteroatoms. The van der Waals surface area contributed by atoms with Gasteiger partial charge in [-0.2, -0.15) is 0 Å². The lowest BCUT2D eigenvalue weighted by Crippen LogP contribution is -2.59. The van der Waals surface area contributed by atoms with Crippen molar-refractivity contribution in [2.45, 2.75) is 24.4 Å². The van der Waals surface area contributed by atoms with Crippen LogP contribution in [0.4, 0.5) is 0 Å². The van der Waals surface area contributed by atoms with E-state index < -0.39 is 28.7 Å². The van der Waals surface area contributed by atoms with Crippen LogP contribution in [-0.2, 0) is 15.1 Å². The van der Waals surface area contributed by atoms with Crippen molar-refractivity contribution < 1.29 is 24.1 Å². The van der Waals surface area contributed by atoms with Crippen LogP contribution in [-0.4, -0.2) is 60.8 Å². The number of nitrogens with one attached hydrogen (secondary N) is 2. The van der Waals surface area contributed by atoms with E-state index in [1.54, 1.807) is 21.1 Å². The molecule has 220 valence electrons. The maximum absolute atomic E-state index is 12.7. The second-order valence-electron chi connectivity index (χ2n) is 10.3. The number of H-pyrrole nitrogens is 1. The summed E-state index contributed by atoms with van der Waals surface area (Å²) in [6, 6.07) is 25.1. The summed E-state index contributed by atoms with van der Waals surface area (Å²) in [4.78, 5) is 26.9. The van der Waals surface area contributed by atoms with Gasteiger partial charge in [-0.1, -0.05) is 54.6 Å². The Kier molecular flexibility index (Phi) is 8.60. The van der Waals surface area contributed by atoms with E-state index in [9.17, 15) is 14.7 Å². The molecule has 1 aliphatic rings. The van der Waals surface area contributed by atoms with Gasteiger partial charge in [-0.25, -0.2) is 4.79 Å². The fourth-order valence-corrected chi connectivity index (χ4v) is 5.29. The Balaban J connectivity index is 1.59. The number of benzene rings is 3. The fourth-order valence-electron chi connectivity index (χ4n) is 5.29. The van der Waals surface area contributed by atoms with Crippen LogP contribution in [0.5, 0.6) is 11.5 Å². The summed E-state index contributed by atoms with van der Waals surface area (Å²) < 4.78 is 25.6. The zero-order chi connectivity index (χ0) is 29.7. The lowest BCUT2D eigenvalue weighted by atomic mass is 9.79. The lowest BCUT2D eigenvalue weighted by molar-refractivity contribution is -0.205. The largest absolute Gasteiger partial charge is 0.497 e. The van der Waals surface area contributed by atoms with Crippen LogP contribution >= 0.6 is 0 Å². The summed E-state index contributed by atoms with van der Waals surface area (Å²) in [7, 11) is 3.23. The van der Waals surface area contributed by atoms with Gasteiger partial charge < -0.3 is 29.4 Å². The first-order valence-corrected chi connectivity index (χ1v) is 13.6. The van der Waals surface area contributed by atoms with Gasteiger partial charge >= 0.3 is 5.69 Å². The molecular weight excluding hydrogens is 538 g/mol. The van der Waals surface area contributed by atoms with E-state index in [1.807, 2.05) is 78.9 Å². The van der Waals surface area contributed by atoms with Gasteiger partial charge in [0.25, 0.3) is 5.56 Å². The molecule has 0 radical (unpaired) electrons. The molecule has 0 aliphatic carbocycles. The normalized spacial score (nSPS) is 18.9. The SMILES string of the molecule is COc1ccc(C(OC[C@]2(CO)CNC[C@H](n3cc(C)c(=O)[nH]c3=O)O2)(c2ccccc2)c2ccc(OC)cc2)cc1. The topological polar surface area (TPSA) is 124 Å². The Morgan fingerprint density at radius 3 is 2.05 bits per heavy atom. The second-order valence-corrected chi connectivity index (χ2v) is 10.3. The van der Waals surface area contributed by atoms with Crippen LogP contribution < -0.4 is 26.0 Å². The molecule has 1 aromatic heterocycles. The Morgan fingerprint density at radius 1 is 0.929 bits per heavy atom. The minimum atomic E-state index is -1.22. The minimum Gasteiger partial charge on any atom is -0.497 e. The summed E-state index contributed by atoms with van der Waals surface area (Å²) in [5.74, 6) is 1.40. The first-order valence-electron chi connectivity index (χ1n) is 13.6. The van der Waals surface area contributed by atoms with Crippen LogP contribution in [0.25, 0.3) is 0 Å². The number of rotatable bonds is 10. The van der Waals surface area contributed by atoms with E-state index in [-0.39, 0.29) is 19.8 Å². The zero-order valence-electron chi connectivity index (χ0n) is 23.8. The van der Waals surface area contributed by atoms with E-state index in [2.05, 4.69) is 10.3 Å². The number of ether oxygens (including phenoxy) is 4. The van der Waals surface area contributed by atoms with Crippen molar-refractivity contribution >= 4 is 0 Å². The number of hydrogen-bond acceptors (Lipinski definition) is 8. The van der Waals surface area contributed by atoms with Crippen molar-refractivity contribution in [1.29, 1.82) is 0 Å². The predicted molar refractivity (Wildman–Crippen MR) is 157 cm³/mol. The number of aromatic nitrogens is 2. The molecule has 2 atom stereocenters. The van der Waals surface area contributed by atoms with Crippen LogP contribution in [0.15, 0.2) is 94.6 Å². The van der Waals surface area contributed by atoms with E-state index in [4.69, 9.17) is 18.9 Å². The van der Waals surface area contributed by atoms with Crippen molar-refractivity contribution in [2.24, 2.45) is 0 Å². The third kappa shape index (κ3) is 5.62. The van der Waals surface area contributed by atoms with Gasteiger partial charge in [0.2, 0.25) is 0 Å². The molecule has 1 aliphatic heterocycles.